The molecule has 0 aliphatic rings. The smallest absolute Gasteiger partial charge is 0.269 e. The predicted molar refractivity (Wildman–Crippen MR) is 118 cm³/mol. The van der Waals surface area contributed by atoms with E-state index in [1.54, 1.807) is 25.4 Å². The molecule has 2 aromatic heterocycles. The van der Waals surface area contributed by atoms with Crippen molar-refractivity contribution in [2.24, 2.45) is 0 Å². The highest BCUT2D eigenvalue weighted by Gasteiger charge is 2.10. The predicted octanol–water partition coefficient (Wildman–Crippen LogP) is 4.99. The molecule has 0 fully saturated rings. The molecule has 2 aromatic carbocycles. The highest BCUT2D eigenvalue weighted by Crippen LogP contribution is 2.34. The van der Waals surface area contributed by atoms with Gasteiger partial charge in [0.2, 0.25) is 0 Å². The highest BCUT2D eigenvalue weighted by atomic mass is 32.1. The topological polar surface area (TPSA) is 85.4 Å². The fraction of sp³-hybridized carbons (Fsp3) is 0.136. The molecular weight excluding hydrogens is 400 g/mol. The van der Waals surface area contributed by atoms with Gasteiger partial charge in [-0.15, -0.1) is 0 Å². The van der Waals surface area contributed by atoms with Gasteiger partial charge < -0.3 is 20.1 Å². The zero-order chi connectivity index (χ0) is 20.9. The second-order valence-corrected chi connectivity index (χ2v) is 7.29. The van der Waals surface area contributed by atoms with E-state index in [9.17, 15) is 4.79 Å². The van der Waals surface area contributed by atoms with Crippen molar-refractivity contribution in [2.45, 2.75) is 6.92 Å². The fourth-order valence-electron chi connectivity index (χ4n) is 2.85. The molecule has 8 heteroatoms. The number of anilines is 2. The lowest BCUT2D eigenvalue weighted by Gasteiger charge is -2.09. The molecule has 0 saturated carbocycles. The summed E-state index contributed by atoms with van der Waals surface area (Å²) in [7, 11) is 1.56. The minimum absolute atomic E-state index is 0.263. The molecule has 2 heterocycles. The van der Waals surface area contributed by atoms with Crippen molar-refractivity contribution < 1.29 is 14.3 Å². The first kappa shape index (κ1) is 19.7. The summed E-state index contributed by atoms with van der Waals surface area (Å²) in [5.74, 6) is 1.72. The molecule has 1 amide bonds. The molecule has 2 N–H and O–H groups in total. The second kappa shape index (κ2) is 8.79. The average molecular weight is 420 g/mol. The molecule has 4 aromatic rings. The summed E-state index contributed by atoms with van der Waals surface area (Å²) in [6.45, 7) is 2.55. The largest absolute Gasteiger partial charge is 0.492 e. The summed E-state index contributed by atoms with van der Waals surface area (Å²) in [5, 5.41) is 6.65. The normalized spacial score (nSPS) is 10.6. The van der Waals surface area contributed by atoms with Gasteiger partial charge in [-0.25, -0.2) is 4.98 Å². The van der Waals surface area contributed by atoms with Gasteiger partial charge >= 0.3 is 0 Å². The van der Waals surface area contributed by atoms with Crippen molar-refractivity contribution in [2.75, 3.05) is 19.0 Å². The van der Waals surface area contributed by atoms with Crippen LogP contribution in [0.5, 0.6) is 17.2 Å². The number of rotatable bonds is 7. The second-order valence-electron chi connectivity index (χ2n) is 6.26. The summed E-state index contributed by atoms with van der Waals surface area (Å²) in [4.78, 5) is 20.4. The third-order valence-corrected chi connectivity index (χ3v) is 5.15. The van der Waals surface area contributed by atoms with Gasteiger partial charge in [0, 0.05) is 25.4 Å². The Kier molecular flexibility index (Phi) is 5.76. The van der Waals surface area contributed by atoms with Gasteiger partial charge in [0.1, 0.15) is 22.9 Å². The number of amides is 1. The number of ether oxygens (including phenoxy) is 2. The molecular formula is C22H20N4O3S. The molecule has 0 unspecified atom stereocenters. The minimum Gasteiger partial charge on any atom is -0.492 e. The van der Waals surface area contributed by atoms with E-state index in [1.165, 1.54) is 11.3 Å². The summed E-state index contributed by atoms with van der Waals surface area (Å²) in [6, 6.07) is 16.8. The Hall–Kier alpha value is -3.65. The lowest BCUT2D eigenvalue weighted by atomic mass is 10.3. The summed E-state index contributed by atoms with van der Waals surface area (Å²) >= 11 is 1.52. The van der Waals surface area contributed by atoms with Crippen LogP contribution in [0.15, 0.2) is 60.8 Å². The molecule has 4 rings (SSSR count). The number of hydrogen-bond acceptors (Lipinski definition) is 7. The van der Waals surface area contributed by atoms with Crippen LogP contribution in [0.1, 0.15) is 17.4 Å². The van der Waals surface area contributed by atoms with Gasteiger partial charge in [0.25, 0.3) is 5.91 Å². The maximum Gasteiger partial charge on any atom is 0.269 e. The van der Waals surface area contributed by atoms with Crippen molar-refractivity contribution >= 4 is 38.3 Å². The van der Waals surface area contributed by atoms with Crippen LogP contribution in [0.3, 0.4) is 0 Å². The lowest BCUT2D eigenvalue weighted by Crippen LogP contribution is -2.18. The molecule has 0 radical (unpaired) electrons. The number of thiazole rings is 1. The first-order valence-corrected chi connectivity index (χ1v) is 10.2. The van der Waals surface area contributed by atoms with Gasteiger partial charge in [0.15, 0.2) is 5.13 Å². The van der Waals surface area contributed by atoms with Crippen molar-refractivity contribution in [3.05, 3.63) is 66.5 Å². The lowest BCUT2D eigenvalue weighted by molar-refractivity contribution is 0.0958. The quantitative estimate of drug-likeness (QED) is 0.438. The third-order valence-electron chi connectivity index (χ3n) is 4.22. The molecule has 152 valence electrons. The van der Waals surface area contributed by atoms with Gasteiger partial charge in [-0.3, -0.25) is 9.78 Å². The van der Waals surface area contributed by atoms with Crippen LogP contribution in [0.2, 0.25) is 0 Å². The Morgan fingerprint density at radius 1 is 1.10 bits per heavy atom. The Morgan fingerprint density at radius 2 is 1.93 bits per heavy atom. The first-order valence-electron chi connectivity index (χ1n) is 9.41. The molecule has 0 bridgehead atoms. The van der Waals surface area contributed by atoms with E-state index < -0.39 is 0 Å². The molecule has 30 heavy (non-hydrogen) atoms. The van der Waals surface area contributed by atoms with Crippen LogP contribution in [-0.4, -0.2) is 29.5 Å². The van der Waals surface area contributed by atoms with E-state index in [0.29, 0.717) is 23.8 Å². The van der Waals surface area contributed by atoms with Crippen molar-refractivity contribution in [3.63, 3.8) is 0 Å². The number of fused-ring (bicyclic) bond motifs is 1. The highest BCUT2D eigenvalue weighted by molar-refractivity contribution is 7.22. The monoisotopic (exact) mass is 420 g/mol. The van der Waals surface area contributed by atoms with E-state index in [1.807, 2.05) is 49.4 Å². The third kappa shape index (κ3) is 4.33. The van der Waals surface area contributed by atoms with Crippen LogP contribution in [-0.2, 0) is 0 Å². The maximum atomic E-state index is 11.8. The number of carbonyl (C=O) groups is 1. The molecule has 0 saturated heterocycles. The number of para-hydroxylation sites is 2. The first-order chi connectivity index (χ1) is 14.7. The van der Waals surface area contributed by atoms with E-state index in [0.717, 1.165) is 26.8 Å². The Morgan fingerprint density at radius 3 is 2.77 bits per heavy atom. The summed E-state index contributed by atoms with van der Waals surface area (Å²) in [5.41, 5.74) is 2.03. The van der Waals surface area contributed by atoms with Crippen LogP contribution >= 0.6 is 11.3 Å². The molecule has 0 spiro atoms. The zero-order valence-corrected chi connectivity index (χ0v) is 17.3. The average Bonchev–Trinajstić information content (AvgIpc) is 3.16. The van der Waals surface area contributed by atoms with E-state index in [2.05, 4.69) is 20.6 Å². The number of aromatic nitrogens is 2. The van der Waals surface area contributed by atoms with Crippen LogP contribution < -0.4 is 20.1 Å². The van der Waals surface area contributed by atoms with Gasteiger partial charge in [0.05, 0.1) is 22.5 Å². The Balaban J connectivity index is 1.55. The van der Waals surface area contributed by atoms with Crippen LogP contribution in [0, 0.1) is 0 Å². The minimum atomic E-state index is -0.263. The zero-order valence-electron chi connectivity index (χ0n) is 16.5. The van der Waals surface area contributed by atoms with Crippen molar-refractivity contribution in [1.29, 1.82) is 0 Å². The SMILES string of the molecule is CCOc1ccccc1Nc1nc2ccc(Oc3ccnc(C(=O)NC)c3)cc2s1. The molecule has 7 nitrogen and oxygen atoms in total. The number of hydrogen-bond donors (Lipinski definition) is 2. The van der Waals surface area contributed by atoms with Crippen molar-refractivity contribution in [1.82, 2.24) is 15.3 Å². The van der Waals surface area contributed by atoms with Gasteiger partial charge in [-0.2, -0.15) is 0 Å². The molecule has 0 aliphatic carbocycles. The standard InChI is InChI=1S/C22H20N4O3S/c1-3-28-19-7-5-4-6-16(19)25-22-26-17-9-8-14(13-20(17)30-22)29-15-10-11-24-18(12-15)21(27)23-2/h4-13H,3H2,1-2H3,(H,23,27)(H,25,26). The number of nitrogens with one attached hydrogen (secondary N) is 2. The number of benzene rings is 2. The maximum absolute atomic E-state index is 11.8. The van der Waals surface area contributed by atoms with Crippen LogP contribution in [0.4, 0.5) is 10.8 Å². The van der Waals surface area contributed by atoms with E-state index in [-0.39, 0.29) is 5.91 Å². The summed E-state index contributed by atoms with van der Waals surface area (Å²) < 4.78 is 12.6. The molecule has 0 aliphatic heterocycles. The van der Waals surface area contributed by atoms with Crippen LogP contribution in [0.25, 0.3) is 10.2 Å². The number of nitrogens with zero attached hydrogens (tertiary/aromatic N) is 2. The van der Waals surface area contributed by atoms with E-state index in [4.69, 9.17) is 9.47 Å². The Bertz CT molecular complexity index is 1190. The van der Waals surface area contributed by atoms with Gasteiger partial charge in [-0.05, 0) is 37.3 Å². The van der Waals surface area contributed by atoms with E-state index >= 15 is 0 Å². The Labute approximate surface area is 177 Å². The number of pyridine rings is 1. The number of carbonyl (C=O) groups excluding carboxylic acids is 1. The summed E-state index contributed by atoms with van der Waals surface area (Å²) in [6.07, 6.45) is 1.54. The fourth-order valence-corrected chi connectivity index (χ4v) is 3.76. The molecule has 0 atom stereocenters. The van der Waals surface area contributed by atoms with Crippen molar-refractivity contribution in [3.8, 4) is 17.2 Å². The van der Waals surface area contributed by atoms with Gasteiger partial charge in [-0.1, -0.05) is 23.5 Å².